The summed E-state index contributed by atoms with van der Waals surface area (Å²) in [6, 6.07) is 13.3. The van der Waals surface area contributed by atoms with Gasteiger partial charge >= 0.3 is 12.0 Å². The van der Waals surface area contributed by atoms with Gasteiger partial charge in [-0.05, 0) is 30.2 Å². The number of aryl methyl sites for hydroxylation is 1. The molecule has 2 aromatic rings. The first-order valence-electron chi connectivity index (χ1n) is 7.46. The molecule has 0 radical (unpaired) electrons. The molecule has 0 saturated carbocycles. The van der Waals surface area contributed by atoms with Crippen LogP contribution in [0.5, 0.6) is 0 Å². The molecule has 24 heavy (non-hydrogen) atoms. The first kappa shape index (κ1) is 17.8. The first-order chi connectivity index (χ1) is 11.4. The van der Waals surface area contributed by atoms with Gasteiger partial charge < -0.3 is 15.8 Å². The maximum absolute atomic E-state index is 12.1. The van der Waals surface area contributed by atoms with Crippen molar-refractivity contribution >= 4 is 23.6 Å². The van der Waals surface area contributed by atoms with Crippen LogP contribution in [0.2, 0.25) is 5.02 Å². The second-order valence-corrected chi connectivity index (χ2v) is 5.90. The number of benzene rings is 2. The van der Waals surface area contributed by atoms with E-state index in [0.717, 1.165) is 16.7 Å². The highest BCUT2D eigenvalue weighted by molar-refractivity contribution is 6.30. The number of carbonyl (C=O) groups excluding carboxylic acids is 2. The number of nitrogens with two attached hydrogens (primary N) is 1. The number of hydrogen-bond donors (Lipinski definition) is 2. The Morgan fingerprint density at radius 2 is 1.75 bits per heavy atom. The first-order valence-corrected chi connectivity index (χ1v) is 7.84. The highest BCUT2D eigenvalue weighted by Gasteiger charge is 2.18. The van der Waals surface area contributed by atoms with Gasteiger partial charge in [-0.1, -0.05) is 53.6 Å². The number of primary amides is 1. The van der Waals surface area contributed by atoms with Crippen LogP contribution in [-0.4, -0.2) is 12.0 Å². The molecule has 2 aromatic carbocycles. The number of carbonyl (C=O) groups is 2. The molecule has 0 aliphatic carbocycles. The topological polar surface area (TPSA) is 81.4 Å². The Balaban J connectivity index is 1.97. The minimum Gasteiger partial charge on any atom is -0.461 e. The molecule has 2 rings (SSSR count). The molecule has 0 spiro atoms. The summed E-state index contributed by atoms with van der Waals surface area (Å²) in [6.45, 7) is 2.17. The van der Waals surface area contributed by atoms with Crippen LogP contribution in [0.15, 0.2) is 48.5 Å². The molecule has 1 atom stereocenters. The maximum Gasteiger partial charge on any atom is 0.312 e. The van der Waals surface area contributed by atoms with Gasteiger partial charge in [-0.3, -0.25) is 4.79 Å². The third-order valence-electron chi connectivity index (χ3n) is 3.48. The maximum atomic E-state index is 12.1. The zero-order valence-electron chi connectivity index (χ0n) is 13.3. The van der Waals surface area contributed by atoms with Crippen molar-refractivity contribution in [3.63, 3.8) is 0 Å². The molecular formula is C18H19ClN2O3. The minimum absolute atomic E-state index is 0.0174. The molecule has 0 unspecified atom stereocenters. The molecule has 0 fully saturated rings. The van der Waals surface area contributed by atoms with Gasteiger partial charge in [0.05, 0.1) is 12.5 Å². The summed E-state index contributed by atoms with van der Waals surface area (Å²) in [6.07, 6.45) is -0.0174. The van der Waals surface area contributed by atoms with Crippen molar-refractivity contribution in [2.45, 2.75) is 26.0 Å². The molecule has 3 N–H and O–H groups in total. The Morgan fingerprint density at radius 1 is 1.12 bits per heavy atom. The van der Waals surface area contributed by atoms with Crippen molar-refractivity contribution in [3.05, 3.63) is 70.2 Å². The van der Waals surface area contributed by atoms with E-state index in [1.807, 2.05) is 31.2 Å². The van der Waals surface area contributed by atoms with Gasteiger partial charge in [0.15, 0.2) is 0 Å². The van der Waals surface area contributed by atoms with Crippen LogP contribution < -0.4 is 11.1 Å². The molecule has 5 nitrogen and oxygen atoms in total. The summed E-state index contributed by atoms with van der Waals surface area (Å²) in [7, 11) is 0. The zero-order valence-corrected chi connectivity index (χ0v) is 14.0. The summed E-state index contributed by atoms with van der Waals surface area (Å²) in [5, 5.41) is 3.12. The van der Waals surface area contributed by atoms with E-state index < -0.39 is 18.0 Å². The largest absolute Gasteiger partial charge is 0.461 e. The Labute approximate surface area is 145 Å². The van der Waals surface area contributed by atoms with Crippen LogP contribution in [0.4, 0.5) is 4.79 Å². The SMILES string of the molecule is Cc1ccc(COC(=O)C[C@@H](NC(N)=O)c2ccc(Cl)cc2)cc1. The highest BCUT2D eigenvalue weighted by Crippen LogP contribution is 2.20. The van der Waals surface area contributed by atoms with Crippen molar-refractivity contribution in [3.8, 4) is 0 Å². The fourth-order valence-electron chi connectivity index (χ4n) is 2.19. The molecule has 126 valence electrons. The van der Waals surface area contributed by atoms with Crippen molar-refractivity contribution in [2.75, 3.05) is 0 Å². The van der Waals surface area contributed by atoms with Crippen LogP contribution in [0.25, 0.3) is 0 Å². The second kappa shape index (κ2) is 8.36. The number of amides is 2. The van der Waals surface area contributed by atoms with Crippen LogP contribution in [-0.2, 0) is 16.1 Å². The summed E-state index contributed by atoms with van der Waals surface area (Å²) >= 11 is 5.85. The molecule has 0 aliphatic heterocycles. The van der Waals surface area contributed by atoms with Crippen LogP contribution in [0.1, 0.15) is 29.2 Å². The number of urea groups is 1. The summed E-state index contributed by atoms with van der Waals surface area (Å²) in [5.41, 5.74) is 7.95. The molecule has 2 amide bonds. The Bertz CT molecular complexity index is 699. The predicted molar refractivity (Wildman–Crippen MR) is 92.5 cm³/mol. The summed E-state index contributed by atoms with van der Waals surface area (Å²) in [4.78, 5) is 23.3. The Hall–Kier alpha value is -2.53. The van der Waals surface area contributed by atoms with Crippen molar-refractivity contribution in [1.29, 1.82) is 0 Å². The normalized spacial score (nSPS) is 11.6. The van der Waals surface area contributed by atoms with E-state index in [1.54, 1.807) is 24.3 Å². The van der Waals surface area contributed by atoms with E-state index in [1.165, 1.54) is 0 Å². The van der Waals surface area contributed by atoms with Gasteiger partial charge in [-0.15, -0.1) is 0 Å². The number of rotatable bonds is 6. The third kappa shape index (κ3) is 5.59. The molecule has 6 heteroatoms. The molecule has 0 aromatic heterocycles. The molecular weight excluding hydrogens is 328 g/mol. The lowest BCUT2D eigenvalue weighted by atomic mass is 10.0. The van der Waals surface area contributed by atoms with Gasteiger partial charge in [0, 0.05) is 5.02 Å². The van der Waals surface area contributed by atoms with Gasteiger partial charge in [0.1, 0.15) is 6.61 Å². The average molecular weight is 347 g/mol. The average Bonchev–Trinajstić information content (AvgIpc) is 2.54. The fourth-order valence-corrected chi connectivity index (χ4v) is 2.32. The van der Waals surface area contributed by atoms with E-state index in [4.69, 9.17) is 22.1 Å². The lowest BCUT2D eigenvalue weighted by Crippen LogP contribution is -2.34. The monoisotopic (exact) mass is 346 g/mol. The summed E-state index contributed by atoms with van der Waals surface area (Å²) < 4.78 is 5.27. The molecule has 0 bridgehead atoms. The predicted octanol–water partition coefficient (Wildman–Crippen LogP) is 3.49. The van der Waals surface area contributed by atoms with Crippen molar-refractivity contribution in [2.24, 2.45) is 5.73 Å². The van der Waals surface area contributed by atoms with Gasteiger partial charge in [-0.2, -0.15) is 0 Å². The van der Waals surface area contributed by atoms with Crippen molar-refractivity contribution < 1.29 is 14.3 Å². The van der Waals surface area contributed by atoms with Gasteiger partial charge in [-0.25, -0.2) is 4.79 Å². The second-order valence-electron chi connectivity index (χ2n) is 5.46. The van der Waals surface area contributed by atoms with Gasteiger partial charge in [0.2, 0.25) is 0 Å². The van der Waals surface area contributed by atoms with E-state index in [0.29, 0.717) is 5.02 Å². The number of nitrogens with one attached hydrogen (secondary N) is 1. The van der Waals surface area contributed by atoms with Gasteiger partial charge in [0.25, 0.3) is 0 Å². The number of halogens is 1. The molecule has 0 aliphatic rings. The Morgan fingerprint density at radius 3 is 2.33 bits per heavy atom. The van der Waals surface area contributed by atoms with Crippen molar-refractivity contribution in [1.82, 2.24) is 5.32 Å². The third-order valence-corrected chi connectivity index (χ3v) is 3.73. The lowest BCUT2D eigenvalue weighted by molar-refractivity contribution is -0.145. The highest BCUT2D eigenvalue weighted by atomic mass is 35.5. The van der Waals surface area contributed by atoms with Crippen LogP contribution in [0, 0.1) is 6.92 Å². The molecule has 0 saturated heterocycles. The lowest BCUT2D eigenvalue weighted by Gasteiger charge is -2.17. The van der Waals surface area contributed by atoms with E-state index in [-0.39, 0.29) is 13.0 Å². The Kier molecular flexibility index (Phi) is 6.21. The van der Waals surface area contributed by atoms with E-state index in [2.05, 4.69) is 5.32 Å². The zero-order chi connectivity index (χ0) is 17.5. The number of esters is 1. The van der Waals surface area contributed by atoms with E-state index >= 15 is 0 Å². The van der Waals surface area contributed by atoms with Crippen LogP contribution >= 0.6 is 11.6 Å². The minimum atomic E-state index is -0.707. The molecule has 0 heterocycles. The number of ether oxygens (including phenoxy) is 1. The number of hydrogen-bond acceptors (Lipinski definition) is 3. The van der Waals surface area contributed by atoms with E-state index in [9.17, 15) is 9.59 Å². The quantitative estimate of drug-likeness (QED) is 0.785. The smallest absolute Gasteiger partial charge is 0.312 e. The summed E-state index contributed by atoms with van der Waals surface area (Å²) in [5.74, 6) is -0.427. The fraction of sp³-hybridized carbons (Fsp3) is 0.222. The standard InChI is InChI=1S/C18H19ClN2O3/c1-12-2-4-13(5-3-12)11-24-17(22)10-16(21-18(20)23)14-6-8-15(19)9-7-14/h2-9,16H,10-11H2,1H3,(H3,20,21,23)/t16-/m1/s1. The van der Waals surface area contributed by atoms with Crippen LogP contribution in [0.3, 0.4) is 0 Å².